The Balaban J connectivity index is 1.85. The summed E-state index contributed by atoms with van der Waals surface area (Å²) in [4.78, 5) is 2.16. The summed E-state index contributed by atoms with van der Waals surface area (Å²) in [5.74, 6) is 6.39. The summed E-state index contributed by atoms with van der Waals surface area (Å²) in [7, 11) is -1.80. The lowest BCUT2D eigenvalue weighted by molar-refractivity contribution is 0.0786. The second kappa shape index (κ2) is 9.72. The molecule has 0 aliphatic carbocycles. The summed E-state index contributed by atoms with van der Waals surface area (Å²) < 4.78 is 32.9. The van der Waals surface area contributed by atoms with E-state index in [0.717, 1.165) is 23.2 Å². The van der Waals surface area contributed by atoms with Gasteiger partial charge < -0.3 is 14.7 Å². The zero-order valence-electron chi connectivity index (χ0n) is 18.5. The smallest absolute Gasteiger partial charge is 0.252 e. The summed E-state index contributed by atoms with van der Waals surface area (Å²) in [6, 6.07) is 9.19. The lowest BCUT2D eigenvalue weighted by atomic mass is 9.95. The third kappa shape index (κ3) is 5.48. The lowest BCUT2D eigenvalue weighted by Crippen LogP contribution is -2.48. The van der Waals surface area contributed by atoms with E-state index >= 15 is 0 Å². The molecule has 1 aliphatic rings. The van der Waals surface area contributed by atoms with Crippen molar-refractivity contribution in [2.75, 3.05) is 38.2 Å². The molecule has 0 radical (unpaired) electrons. The van der Waals surface area contributed by atoms with Crippen molar-refractivity contribution in [1.82, 2.24) is 4.31 Å². The molecule has 0 spiro atoms. The number of anilines is 1. The molecule has 1 saturated heterocycles. The highest BCUT2D eigenvalue weighted by Gasteiger charge is 2.30. The zero-order chi connectivity index (χ0) is 22.6. The SMILES string of the molecule is CC[C@@H](C#Cc1cc(C(C)(C)O)ccc1N1CCN(S(=O)(=O)c2cccs2)CC1)OC. The fraction of sp³-hybridized carbons (Fsp3) is 0.478. The van der Waals surface area contributed by atoms with Crippen molar-refractivity contribution in [2.24, 2.45) is 0 Å². The summed E-state index contributed by atoms with van der Waals surface area (Å²) in [5.41, 5.74) is 1.56. The molecule has 0 amide bonds. The first-order valence-electron chi connectivity index (χ1n) is 10.4. The van der Waals surface area contributed by atoms with E-state index in [1.54, 1.807) is 42.8 Å². The van der Waals surface area contributed by atoms with Crippen LogP contribution in [0.2, 0.25) is 0 Å². The Hall–Kier alpha value is -1.89. The summed E-state index contributed by atoms with van der Waals surface area (Å²) in [6.07, 6.45) is 0.620. The first-order valence-corrected chi connectivity index (χ1v) is 12.7. The third-order valence-corrected chi connectivity index (χ3v) is 8.67. The van der Waals surface area contributed by atoms with Crippen molar-refractivity contribution >= 4 is 27.0 Å². The fourth-order valence-corrected chi connectivity index (χ4v) is 6.05. The number of thiophene rings is 1. The molecular formula is C23H30N2O4S2. The summed E-state index contributed by atoms with van der Waals surface area (Å²) >= 11 is 1.24. The van der Waals surface area contributed by atoms with Crippen LogP contribution in [0, 0.1) is 11.8 Å². The number of sulfonamides is 1. The van der Waals surface area contributed by atoms with E-state index in [2.05, 4.69) is 16.7 Å². The number of benzene rings is 1. The topological polar surface area (TPSA) is 70.1 Å². The molecule has 1 aromatic carbocycles. The van der Waals surface area contributed by atoms with E-state index in [1.807, 2.05) is 25.1 Å². The molecule has 6 nitrogen and oxygen atoms in total. The normalized spacial score (nSPS) is 16.6. The molecule has 3 rings (SSSR count). The van der Waals surface area contributed by atoms with Crippen LogP contribution in [0.4, 0.5) is 5.69 Å². The van der Waals surface area contributed by atoms with Gasteiger partial charge in [0.25, 0.3) is 10.0 Å². The number of hydrogen-bond donors (Lipinski definition) is 1. The fourth-order valence-electron chi connectivity index (χ4n) is 3.49. The predicted molar refractivity (Wildman–Crippen MR) is 125 cm³/mol. The number of hydrogen-bond acceptors (Lipinski definition) is 6. The van der Waals surface area contributed by atoms with Gasteiger partial charge in [-0.25, -0.2) is 8.42 Å². The van der Waals surface area contributed by atoms with E-state index < -0.39 is 15.6 Å². The summed E-state index contributed by atoms with van der Waals surface area (Å²) in [5, 5.41) is 12.2. The van der Waals surface area contributed by atoms with Crippen LogP contribution in [0.5, 0.6) is 0 Å². The van der Waals surface area contributed by atoms with Gasteiger partial charge in [-0.3, -0.25) is 0 Å². The van der Waals surface area contributed by atoms with Gasteiger partial charge in [0.1, 0.15) is 10.3 Å². The second-order valence-electron chi connectivity index (χ2n) is 8.02. The lowest BCUT2D eigenvalue weighted by Gasteiger charge is -2.36. The van der Waals surface area contributed by atoms with Crippen molar-refractivity contribution in [3.8, 4) is 11.8 Å². The van der Waals surface area contributed by atoms with Gasteiger partial charge in [-0.2, -0.15) is 4.31 Å². The Morgan fingerprint density at radius 1 is 1.23 bits per heavy atom. The number of methoxy groups -OCH3 is 1. The molecule has 1 aliphatic heterocycles. The minimum absolute atomic E-state index is 0.161. The highest BCUT2D eigenvalue weighted by molar-refractivity contribution is 7.91. The Morgan fingerprint density at radius 3 is 2.48 bits per heavy atom. The number of rotatable bonds is 6. The Morgan fingerprint density at radius 2 is 1.94 bits per heavy atom. The molecule has 2 heterocycles. The molecule has 31 heavy (non-hydrogen) atoms. The molecule has 0 bridgehead atoms. The van der Waals surface area contributed by atoms with Crippen LogP contribution in [0.1, 0.15) is 38.3 Å². The minimum atomic E-state index is -3.44. The van der Waals surface area contributed by atoms with Gasteiger partial charge in [-0.15, -0.1) is 11.3 Å². The van der Waals surface area contributed by atoms with Crippen LogP contribution >= 0.6 is 11.3 Å². The monoisotopic (exact) mass is 462 g/mol. The first kappa shape index (κ1) is 23.8. The van der Waals surface area contributed by atoms with Crippen molar-refractivity contribution in [1.29, 1.82) is 0 Å². The van der Waals surface area contributed by atoms with E-state index in [9.17, 15) is 13.5 Å². The molecule has 1 N–H and O–H groups in total. The highest BCUT2D eigenvalue weighted by atomic mass is 32.2. The van der Waals surface area contributed by atoms with Gasteiger partial charge >= 0.3 is 0 Å². The highest BCUT2D eigenvalue weighted by Crippen LogP contribution is 2.29. The molecule has 168 valence electrons. The maximum Gasteiger partial charge on any atom is 0.252 e. The van der Waals surface area contributed by atoms with Crippen molar-refractivity contribution in [3.05, 3.63) is 46.8 Å². The number of nitrogens with zero attached hydrogens (tertiary/aromatic N) is 2. The van der Waals surface area contributed by atoms with Gasteiger partial charge in [0, 0.05) is 38.9 Å². The van der Waals surface area contributed by atoms with Crippen LogP contribution < -0.4 is 4.90 Å². The van der Waals surface area contributed by atoms with Crippen LogP contribution in [-0.4, -0.2) is 57.2 Å². The van der Waals surface area contributed by atoms with Gasteiger partial charge in [0.15, 0.2) is 0 Å². The Bertz CT molecular complexity index is 1040. The Kier molecular flexibility index (Phi) is 7.45. The zero-order valence-corrected chi connectivity index (χ0v) is 20.1. The third-order valence-electron chi connectivity index (χ3n) is 5.39. The quantitative estimate of drug-likeness (QED) is 0.668. The van der Waals surface area contributed by atoms with Gasteiger partial charge in [0.05, 0.1) is 11.3 Å². The molecular weight excluding hydrogens is 432 g/mol. The van der Waals surface area contributed by atoms with Crippen LogP contribution in [0.15, 0.2) is 39.9 Å². The molecule has 1 aromatic heterocycles. The largest absolute Gasteiger partial charge is 0.386 e. The maximum absolute atomic E-state index is 12.8. The minimum Gasteiger partial charge on any atom is -0.386 e. The van der Waals surface area contributed by atoms with Crippen molar-refractivity contribution < 1.29 is 18.3 Å². The first-order chi connectivity index (χ1) is 14.7. The second-order valence-corrected chi connectivity index (χ2v) is 11.1. The van der Waals surface area contributed by atoms with E-state index in [1.165, 1.54) is 11.3 Å². The van der Waals surface area contributed by atoms with Crippen LogP contribution in [-0.2, 0) is 20.4 Å². The molecule has 0 saturated carbocycles. The van der Waals surface area contributed by atoms with E-state index in [-0.39, 0.29) is 6.10 Å². The van der Waals surface area contributed by atoms with Gasteiger partial charge in [0.2, 0.25) is 0 Å². The van der Waals surface area contributed by atoms with E-state index in [0.29, 0.717) is 30.4 Å². The summed E-state index contributed by atoms with van der Waals surface area (Å²) in [6.45, 7) is 7.48. The standard InChI is InChI=1S/C23H30N2O4S2/c1-5-20(29-4)10-8-18-17-19(23(2,3)26)9-11-21(18)24-12-14-25(15-13-24)31(27,28)22-7-6-16-30-22/h6-7,9,11,16-17,20,26H,5,12-15H2,1-4H3/t20-/m0/s1. The molecule has 1 atom stereocenters. The maximum atomic E-state index is 12.8. The van der Waals surface area contributed by atoms with Crippen molar-refractivity contribution in [2.45, 2.75) is 43.1 Å². The number of piperazine rings is 1. The van der Waals surface area contributed by atoms with Crippen molar-refractivity contribution in [3.63, 3.8) is 0 Å². The van der Waals surface area contributed by atoms with Gasteiger partial charge in [-0.05, 0) is 49.4 Å². The van der Waals surface area contributed by atoms with Crippen LogP contribution in [0.3, 0.4) is 0 Å². The molecule has 8 heteroatoms. The predicted octanol–water partition coefficient (Wildman–Crippen LogP) is 3.26. The van der Waals surface area contributed by atoms with E-state index in [4.69, 9.17) is 4.74 Å². The molecule has 0 unspecified atom stereocenters. The number of aliphatic hydroxyl groups is 1. The van der Waals surface area contributed by atoms with Gasteiger partial charge in [-0.1, -0.05) is 30.9 Å². The molecule has 2 aromatic rings. The Labute approximate surface area is 189 Å². The average Bonchev–Trinajstić information content (AvgIpc) is 3.30. The van der Waals surface area contributed by atoms with Crippen LogP contribution in [0.25, 0.3) is 0 Å². The average molecular weight is 463 g/mol. The molecule has 1 fully saturated rings. The number of ether oxygens (including phenoxy) is 1.